The van der Waals surface area contributed by atoms with Crippen molar-refractivity contribution in [1.82, 2.24) is 29.9 Å². The zero-order chi connectivity index (χ0) is 81.9. The molecular weight excluding hydrogens is 1880 g/mol. The average molecular weight is 1910 g/mol. The topological polar surface area (TPSA) is 787 Å². The molecule has 582 valence electrons. The minimum absolute atomic E-state index is 0. The molecule has 120 heavy (non-hydrogen) atoms. The zero-order valence-corrected chi connectivity index (χ0v) is 85.9. The average Bonchev–Trinajstić information content (AvgIpc) is 0.742. The van der Waals surface area contributed by atoms with E-state index in [4.69, 9.17) is 34.7 Å². The van der Waals surface area contributed by atoms with Gasteiger partial charge in [0.1, 0.15) is 93.2 Å². The summed E-state index contributed by atoms with van der Waals surface area (Å²) in [6.45, 7) is 0. The van der Waals surface area contributed by atoms with E-state index in [1.807, 2.05) is 0 Å². The van der Waals surface area contributed by atoms with Gasteiger partial charge in [0.25, 0.3) is 20.2 Å². The molecule has 0 aliphatic heterocycles. The van der Waals surface area contributed by atoms with E-state index in [9.17, 15) is 114 Å². The SMILES string of the molecule is Nc1c(N=Nc2ccc(S(=O)(=O)[O-])cc2)c(S(=O)(=O)[O-])cc2cc(S(=O)(=O)O)c(N=Nc3cc(N=c4[nH]c(Cl)nc(=Nc5cccc(N=c6nc(Cl)[nH]c(=Nc7ccc(S(=O)(=O)[O-])c(N=Nc8c(S(=O)(=O)O)cc9cc(S(=O)(=O)[O-])c(N=Nc%10ccc(S(=O)(=O)[O-])cc%10)c(N)c9c8[O-])c7)[nH]6)c5)[nH]4)ccc3S(=O)(=O)[O-])c([O-])c12.[Na+].[Na+].[Na+].[Na+].[Na+].[Na+].[Na+].[Na+]. The summed E-state index contributed by atoms with van der Waals surface area (Å²) in [5.74, 6) is -3.20. The van der Waals surface area contributed by atoms with Gasteiger partial charge in [0.15, 0.2) is 0 Å². The molecular formula is C56H32Cl2N20Na8O26S8. The Kier molecular flexibility index (Phi) is 39.8. The molecule has 10 N–H and O–H groups in total. The molecule has 11 aromatic rings. The standard InChI is InChI=1S/C56H40Cl2N20O26S8.8Na/c57-51-65-53(69-55(67-51)63-29-8-14-35(107(87,88)89)33(21-29)73-77-47-39(111(99,100)101)18-23-16-37(109(93,94)95)45(43(59)41(23)49(47)79)75-71-25-4-10-31(11-5-25)105(81,82)83)61-27-2-1-3-28(20-27)62-54-66-52(58)68-56(70-54)64-30-9-15-36(108(90,91)92)34(22-30)74-78-48-40(112(102,103)104)19-24-17-38(110(96,97)98)46(44(60)42(24)50(48)80)76-72-26-6-12-32(13-7-26)106(84,85)86;;;;;;;;/h1-22,79-80H,59-60H2,(H,81,82,83)(H,84,85,86)(H,87,88,89)(H,90,91,92)(H,93,94,95)(H,96,97,98)(H,99,100,101)(H,102,103,104)(H2,61,63,65,67,69)(H2,62,64,66,68,70);;;;;;;;/q;8*+1/p-8. The molecule has 11 rings (SSSR count). The number of aromatic nitrogens is 6. The van der Waals surface area contributed by atoms with E-state index in [0.29, 0.717) is 36.4 Å². The van der Waals surface area contributed by atoms with Gasteiger partial charge in [0, 0.05) is 10.8 Å². The van der Waals surface area contributed by atoms with E-state index in [-0.39, 0.29) is 293 Å². The van der Waals surface area contributed by atoms with Crippen LogP contribution < -0.4 is 281 Å². The first-order chi connectivity index (χ1) is 52.0. The summed E-state index contributed by atoms with van der Waals surface area (Å²) < 4.78 is 290. The van der Waals surface area contributed by atoms with Crippen molar-refractivity contribution in [1.29, 1.82) is 0 Å². The van der Waals surface area contributed by atoms with E-state index in [1.165, 1.54) is 24.3 Å². The van der Waals surface area contributed by atoms with Crippen LogP contribution in [0.5, 0.6) is 11.5 Å². The van der Waals surface area contributed by atoms with Gasteiger partial charge in [-0.2, -0.15) is 37.0 Å². The third-order valence-electron chi connectivity index (χ3n) is 14.5. The zero-order valence-electron chi connectivity index (χ0n) is 61.8. The van der Waals surface area contributed by atoms with Gasteiger partial charge in [0.05, 0.1) is 86.2 Å². The van der Waals surface area contributed by atoms with Crippen LogP contribution >= 0.6 is 23.2 Å². The molecule has 0 aliphatic carbocycles. The second-order valence-electron chi connectivity index (χ2n) is 22.0. The molecule has 0 atom stereocenters. The van der Waals surface area contributed by atoms with E-state index in [1.54, 1.807) is 0 Å². The van der Waals surface area contributed by atoms with E-state index in [2.05, 4.69) is 90.8 Å². The smallest absolute Gasteiger partial charge is 0.870 e. The number of benzene rings is 9. The Morgan fingerprint density at radius 1 is 0.325 bits per heavy atom. The van der Waals surface area contributed by atoms with Crippen LogP contribution in [-0.4, -0.2) is 134 Å². The number of fused-ring (bicyclic) bond motifs is 2. The first-order valence-corrected chi connectivity index (χ1v) is 41.1. The van der Waals surface area contributed by atoms with Crippen LogP contribution in [0.4, 0.5) is 79.6 Å². The Bertz CT molecular complexity index is 6950. The number of halogens is 2. The van der Waals surface area contributed by atoms with Crippen LogP contribution in [0, 0.1) is 0 Å². The number of nitrogen functional groups attached to an aromatic ring is 2. The fourth-order valence-corrected chi connectivity index (χ4v) is 14.9. The third-order valence-corrected chi connectivity index (χ3v) is 21.8. The van der Waals surface area contributed by atoms with Crippen LogP contribution in [0.2, 0.25) is 10.6 Å². The van der Waals surface area contributed by atoms with Gasteiger partial charge in [0.2, 0.25) is 33.0 Å². The normalized spacial score (nSPS) is 12.9. The van der Waals surface area contributed by atoms with Crippen LogP contribution in [-0.2, 0) is 80.9 Å². The summed E-state index contributed by atoms with van der Waals surface area (Å²) in [5.41, 5.74) is 1.28. The Hall–Kier alpha value is -3.82. The van der Waals surface area contributed by atoms with Gasteiger partial charge >= 0.3 is 236 Å². The fraction of sp³-hybridized carbons (Fsp3) is 0. The summed E-state index contributed by atoms with van der Waals surface area (Å²) >= 11 is 12.6. The maximum atomic E-state index is 14.2. The largest absolute Gasteiger partial charge is 1.00 e. The Balaban J connectivity index is 0.00000465. The monoisotopic (exact) mass is 1910 g/mol. The fourth-order valence-electron chi connectivity index (χ4n) is 9.79. The van der Waals surface area contributed by atoms with E-state index < -0.39 is 209 Å². The van der Waals surface area contributed by atoms with Gasteiger partial charge in [-0.05, 0) is 161 Å². The number of nitrogens with one attached hydrogen (secondary N) is 4. The number of nitrogens with zero attached hydrogens (tertiary/aromatic N) is 14. The number of aromatic amines is 4. The first kappa shape index (κ1) is 110. The van der Waals surface area contributed by atoms with Gasteiger partial charge in [-0.3, -0.25) is 19.1 Å². The van der Waals surface area contributed by atoms with Crippen molar-refractivity contribution < 1.29 is 350 Å². The van der Waals surface area contributed by atoms with Crippen molar-refractivity contribution in [2.24, 2.45) is 60.9 Å². The molecule has 0 saturated heterocycles. The third kappa shape index (κ3) is 27.1. The predicted molar refractivity (Wildman–Crippen MR) is 369 cm³/mol. The van der Waals surface area contributed by atoms with Crippen molar-refractivity contribution in [3.63, 3.8) is 0 Å². The summed E-state index contributed by atoms with van der Waals surface area (Å²) in [5, 5.41) is 53.4. The Morgan fingerprint density at radius 2 is 0.617 bits per heavy atom. The molecule has 9 aromatic carbocycles. The number of hydrogen-bond donors (Lipinski definition) is 8. The van der Waals surface area contributed by atoms with Crippen molar-refractivity contribution in [2.45, 2.75) is 39.2 Å². The second-order valence-corrected chi connectivity index (χ2v) is 33.6. The quantitative estimate of drug-likeness (QED) is 0.0152. The van der Waals surface area contributed by atoms with Crippen LogP contribution in [0.25, 0.3) is 21.5 Å². The number of hydrogen-bond acceptors (Lipinski definition) is 40. The van der Waals surface area contributed by atoms with E-state index >= 15 is 0 Å². The number of rotatable bonds is 20. The number of anilines is 2. The van der Waals surface area contributed by atoms with Crippen LogP contribution in [0.15, 0.2) is 234 Å². The summed E-state index contributed by atoms with van der Waals surface area (Å²) in [4.78, 5) is 26.4. The van der Waals surface area contributed by atoms with Crippen molar-refractivity contribution in [2.75, 3.05) is 11.5 Å². The van der Waals surface area contributed by atoms with Gasteiger partial charge in [-0.15, -0.1) is 30.7 Å². The molecule has 0 aliphatic rings. The number of azo groups is 4. The maximum absolute atomic E-state index is 14.2. The summed E-state index contributed by atoms with van der Waals surface area (Å²) in [6.07, 6.45) is 0. The van der Waals surface area contributed by atoms with Gasteiger partial charge in [-0.1, -0.05) is 17.6 Å². The summed E-state index contributed by atoms with van der Waals surface area (Å²) in [7, 11) is -43.6. The maximum Gasteiger partial charge on any atom is 1.00 e. The molecule has 0 fully saturated rings. The number of H-pyrrole nitrogens is 4. The minimum atomic E-state index is -5.65. The molecule has 2 heterocycles. The molecule has 0 unspecified atom stereocenters. The second kappa shape index (κ2) is 43.3. The van der Waals surface area contributed by atoms with Crippen molar-refractivity contribution in [3.05, 3.63) is 166 Å². The van der Waals surface area contributed by atoms with Crippen LogP contribution in [0.3, 0.4) is 0 Å². The molecule has 0 bridgehead atoms. The predicted octanol–water partition coefficient (Wildman–Crippen LogP) is -18.7. The summed E-state index contributed by atoms with van der Waals surface area (Å²) in [6, 6.07) is 18.9. The molecule has 0 amide bonds. The minimum Gasteiger partial charge on any atom is -0.870 e. The number of nitrogens with two attached hydrogens (primary N) is 2. The van der Waals surface area contributed by atoms with Crippen molar-refractivity contribution >= 4 is 205 Å². The molecule has 46 nitrogen and oxygen atoms in total. The first-order valence-electron chi connectivity index (χ1n) is 29.1. The molecule has 0 saturated carbocycles. The molecule has 64 heteroatoms. The Labute approximate surface area is 861 Å². The van der Waals surface area contributed by atoms with Crippen LogP contribution in [0.1, 0.15) is 0 Å². The molecule has 0 spiro atoms. The van der Waals surface area contributed by atoms with Crippen molar-refractivity contribution in [3.8, 4) is 11.5 Å². The molecule has 2 aromatic heterocycles. The van der Waals surface area contributed by atoms with Gasteiger partial charge < -0.3 is 59.0 Å². The van der Waals surface area contributed by atoms with Gasteiger partial charge in [-0.25, -0.2) is 70.5 Å². The Morgan fingerprint density at radius 3 is 0.917 bits per heavy atom. The van der Waals surface area contributed by atoms with E-state index in [0.717, 1.165) is 72.8 Å². The molecule has 0 radical (unpaired) electrons.